The summed E-state index contributed by atoms with van der Waals surface area (Å²) in [7, 11) is 1.54. The number of methoxy groups -OCH3 is 2. The fourth-order valence-corrected chi connectivity index (χ4v) is 4.38. The van der Waals surface area contributed by atoms with Gasteiger partial charge in [0.2, 0.25) is 0 Å². The summed E-state index contributed by atoms with van der Waals surface area (Å²) < 4.78 is 39.1. The van der Waals surface area contributed by atoms with E-state index in [1.54, 1.807) is 32.8 Å². The van der Waals surface area contributed by atoms with E-state index in [-0.39, 0.29) is 11.1 Å². The topological polar surface area (TPSA) is 76.9 Å². The fraction of sp³-hybridized carbons (Fsp3) is 0.786. The number of aryl methyl sites for hydroxylation is 1. The van der Waals surface area contributed by atoms with Crippen molar-refractivity contribution in [2.45, 2.75) is 18.0 Å². The normalized spacial score (nSPS) is 18.0. The van der Waals surface area contributed by atoms with Crippen LogP contribution in [0.2, 0.25) is 0 Å². The highest BCUT2D eigenvalue weighted by molar-refractivity contribution is 7.89. The maximum Gasteiger partial charge on any atom is 0.260 e. The highest BCUT2D eigenvalue weighted by Crippen LogP contribution is 2.19. The molecule has 8 nitrogen and oxygen atoms in total. The van der Waals surface area contributed by atoms with E-state index in [4.69, 9.17) is 9.47 Å². The molecular formula is C14H26N4O4S. The minimum absolute atomic E-state index is 0.147. The molecule has 1 aliphatic rings. The Kier molecular flexibility index (Phi) is 6.15. The van der Waals surface area contributed by atoms with Crippen molar-refractivity contribution in [3.05, 3.63) is 12.0 Å². The smallest absolute Gasteiger partial charge is 0.260 e. The van der Waals surface area contributed by atoms with E-state index in [1.807, 2.05) is 0 Å². The van der Waals surface area contributed by atoms with Crippen molar-refractivity contribution >= 4 is 10.0 Å². The highest BCUT2D eigenvalue weighted by Gasteiger charge is 2.32. The van der Waals surface area contributed by atoms with E-state index >= 15 is 0 Å². The molecule has 0 aliphatic carbocycles. The highest BCUT2D eigenvalue weighted by atomic mass is 32.2. The molecule has 0 bridgehead atoms. The van der Waals surface area contributed by atoms with Gasteiger partial charge < -0.3 is 14.0 Å². The number of nitrogens with zero attached hydrogens (tertiary/aromatic N) is 4. The minimum Gasteiger partial charge on any atom is -0.383 e. The predicted molar refractivity (Wildman–Crippen MR) is 85.8 cm³/mol. The standard InChI is InChI=1S/C14H26N4O4S/c1-12-15-9-14(16(12)2)23(19,20)18-7-5-17(6-8-18)13(10-21-3)11-22-4/h9,13H,5-8,10-11H2,1-4H3. The first-order valence-electron chi connectivity index (χ1n) is 7.62. The third-order valence-electron chi connectivity index (χ3n) is 4.29. The maximum absolute atomic E-state index is 12.7. The molecule has 0 saturated carbocycles. The van der Waals surface area contributed by atoms with Crippen LogP contribution in [0.5, 0.6) is 0 Å². The van der Waals surface area contributed by atoms with E-state index < -0.39 is 10.0 Å². The van der Waals surface area contributed by atoms with Crippen molar-refractivity contribution in [3.63, 3.8) is 0 Å². The number of hydrogen-bond donors (Lipinski definition) is 0. The van der Waals surface area contributed by atoms with Crippen molar-refractivity contribution in [1.29, 1.82) is 0 Å². The Bertz CT molecular complexity index is 602. The molecule has 0 aromatic carbocycles. The maximum atomic E-state index is 12.7. The monoisotopic (exact) mass is 346 g/mol. The van der Waals surface area contributed by atoms with E-state index in [2.05, 4.69) is 9.88 Å². The molecule has 0 spiro atoms. The van der Waals surface area contributed by atoms with Crippen LogP contribution in [0.1, 0.15) is 5.82 Å². The van der Waals surface area contributed by atoms with Gasteiger partial charge in [-0.2, -0.15) is 4.31 Å². The molecule has 0 N–H and O–H groups in total. The minimum atomic E-state index is -3.50. The average molecular weight is 346 g/mol. The molecule has 1 aromatic heterocycles. The molecule has 0 unspecified atom stereocenters. The lowest BCUT2D eigenvalue weighted by atomic mass is 10.2. The van der Waals surface area contributed by atoms with Crippen LogP contribution >= 0.6 is 0 Å². The Morgan fingerprint density at radius 2 is 1.74 bits per heavy atom. The van der Waals surface area contributed by atoms with Crippen LogP contribution in [0, 0.1) is 6.92 Å². The number of ether oxygens (including phenoxy) is 2. The quantitative estimate of drug-likeness (QED) is 0.674. The molecule has 1 aromatic rings. The molecule has 0 atom stereocenters. The van der Waals surface area contributed by atoms with Gasteiger partial charge in [0.1, 0.15) is 5.82 Å². The van der Waals surface area contributed by atoms with E-state index in [1.165, 1.54) is 10.5 Å². The molecule has 1 aliphatic heterocycles. The van der Waals surface area contributed by atoms with Gasteiger partial charge in [0.25, 0.3) is 10.0 Å². The third kappa shape index (κ3) is 3.92. The van der Waals surface area contributed by atoms with Gasteiger partial charge >= 0.3 is 0 Å². The molecule has 0 radical (unpaired) electrons. The van der Waals surface area contributed by atoms with E-state index in [0.29, 0.717) is 45.2 Å². The second-order valence-corrected chi connectivity index (χ2v) is 7.59. The van der Waals surface area contributed by atoms with Gasteiger partial charge in [-0.15, -0.1) is 0 Å². The van der Waals surface area contributed by atoms with Gasteiger partial charge in [-0.3, -0.25) is 4.90 Å². The Labute approximate surface area is 138 Å². The number of piperazine rings is 1. The average Bonchev–Trinajstić information content (AvgIpc) is 2.87. The molecule has 23 heavy (non-hydrogen) atoms. The Morgan fingerprint density at radius 3 is 2.17 bits per heavy atom. The van der Waals surface area contributed by atoms with Gasteiger partial charge in [-0.1, -0.05) is 0 Å². The lowest BCUT2D eigenvalue weighted by Crippen LogP contribution is -2.54. The first kappa shape index (κ1) is 18.3. The summed E-state index contributed by atoms with van der Waals surface area (Å²) >= 11 is 0. The third-order valence-corrected chi connectivity index (χ3v) is 6.24. The number of aromatic nitrogens is 2. The molecule has 132 valence electrons. The Hall–Kier alpha value is -1.00. The van der Waals surface area contributed by atoms with Gasteiger partial charge in [-0.05, 0) is 6.92 Å². The van der Waals surface area contributed by atoms with Crippen LogP contribution in [0.4, 0.5) is 0 Å². The zero-order chi connectivity index (χ0) is 17.0. The number of rotatable bonds is 7. The summed E-state index contributed by atoms with van der Waals surface area (Å²) in [5.74, 6) is 0.683. The van der Waals surface area contributed by atoms with Gasteiger partial charge in [0.05, 0.1) is 25.5 Å². The van der Waals surface area contributed by atoms with Crippen LogP contribution in [0.25, 0.3) is 0 Å². The van der Waals surface area contributed by atoms with Crippen molar-refractivity contribution in [2.75, 3.05) is 53.6 Å². The molecule has 2 rings (SSSR count). The van der Waals surface area contributed by atoms with Gasteiger partial charge in [0, 0.05) is 47.4 Å². The number of hydrogen-bond acceptors (Lipinski definition) is 6. The number of sulfonamides is 1. The summed E-state index contributed by atoms with van der Waals surface area (Å²) in [4.78, 5) is 6.30. The summed E-state index contributed by atoms with van der Waals surface area (Å²) in [5.41, 5.74) is 0. The van der Waals surface area contributed by atoms with E-state index in [9.17, 15) is 8.42 Å². The van der Waals surface area contributed by atoms with Crippen LogP contribution in [0.15, 0.2) is 11.2 Å². The van der Waals surface area contributed by atoms with Crippen molar-refractivity contribution in [2.24, 2.45) is 7.05 Å². The lowest BCUT2D eigenvalue weighted by molar-refractivity contribution is 0.0216. The van der Waals surface area contributed by atoms with Crippen LogP contribution in [0.3, 0.4) is 0 Å². The first-order chi connectivity index (χ1) is 10.9. The summed E-state index contributed by atoms with van der Waals surface area (Å²) in [6, 6.07) is 0.147. The van der Waals surface area contributed by atoms with Crippen molar-refractivity contribution in [1.82, 2.24) is 18.8 Å². The zero-order valence-electron chi connectivity index (χ0n) is 14.2. The SMILES string of the molecule is COCC(COC)N1CCN(S(=O)(=O)c2cnc(C)n2C)CC1. The van der Waals surface area contributed by atoms with E-state index in [0.717, 1.165) is 0 Å². The molecule has 2 heterocycles. The Morgan fingerprint density at radius 1 is 1.17 bits per heavy atom. The predicted octanol–water partition coefficient (Wildman–Crippen LogP) is -0.304. The first-order valence-corrected chi connectivity index (χ1v) is 9.06. The van der Waals surface area contributed by atoms with Crippen LogP contribution < -0.4 is 0 Å². The zero-order valence-corrected chi connectivity index (χ0v) is 15.0. The van der Waals surface area contributed by atoms with Crippen molar-refractivity contribution in [3.8, 4) is 0 Å². The molecule has 0 amide bonds. The summed E-state index contributed by atoms with van der Waals surface area (Å²) in [6.07, 6.45) is 1.43. The van der Waals surface area contributed by atoms with Crippen molar-refractivity contribution < 1.29 is 17.9 Å². The summed E-state index contributed by atoms with van der Waals surface area (Å²) in [6.45, 7) is 5.16. The van der Waals surface area contributed by atoms with Crippen LogP contribution in [-0.2, 0) is 26.5 Å². The van der Waals surface area contributed by atoms with Crippen LogP contribution in [-0.4, -0.2) is 86.8 Å². The second kappa shape index (κ2) is 7.71. The molecular weight excluding hydrogens is 320 g/mol. The fourth-order valence-electron chi connectivity index (χ4n) is 2.81. The lowest BCUT2D eigenvalue weighted by Gasteiger charge is -2.38. The second-order valence-electron chi connectivity index (χ2n) is 5.71. The molecule has 9 heteroatoms. The molecule has 1 saturated heterocycles. The number of imidazole rings is 1. The van der Waals surface area contributed by atoms with Gasteiger partial charge in [0.15, 0.2) is 5.03 Å². The Balaban J connectivity index is 2.04. The van der Waals surface area contributed by atoms with Gasteiger partial charge in [-0.25, -0.2) is 13.4 Å². The largest absolute Gasteiger partial charge is 0.383 e. The molecule has 1 fully saturated rings. The summed E-state index contributed by atoms with van der Waals surface area (Å²) in [5, 5.41) is 0.244.